The van der Waals surface area contributed by atoms with E-state index in [4.69, 9.17) is 4.74 Å². The van der Waals surface area contributed by atoms with Crippen molar-refractivity contribution in [1.29, 1.82) is 0 Å². The zero-order valence-corrected chi connectivity index (χ0v) is 24.6. The van der Waals surface area contributed by atoms with Crippen LogP contribution < -0.4 is 14.4 Å². The van der Waals surface area contributed by atoms with Crippen molar-refractivity contribution in [2.45, 2.75) is 78.9 Å². The first kappa shape index (κ1) is 31.1. The Balaban J connectivity index is 2.28. The number of rotatable bonds is 14. The van der Waals surface area contributed by atoms with Crippen LogP contribution in [0.2, 0.25) is 0 Å². The lowest BCUT2D eigenvalue weighted by molar-refractivity contribution is -0.141. The zero-order chi connectivity index (χ0) is 28.5. The number of carbonyl (C=O) groups is 2. The highest BCUT2D eigenvalue weighted by molar-refractivity contribution is 7.92. The van der Waals surface area contributed by atoms with Gasteiger partial charge in [-0.3, -0.25) is 13.9 Å². The van der Waals surface area contributed by atoms with Gasteiger partial charge in [0.1, 0.15) is 11.8 Å². The maximum Gasteiger partial charge on any atom is 0.243 e. The van der Waals surface area contributed by atoms with Gasteiger partial charge in [-0.05, 0) is 74.9 Å². The van der Waals surface area contributed by atoms with Gasteiger partial charge in [-0.25, -0.2) is 8.42 Å². The maximum atomic E-state index is 13.6. The third-order valence-electron chi connectivity index (χ3n) is 6.87. The largest absolute Gasteiger partial charge is 0.497 e. The van der Waals surface area contributed by atoms with Crippen LogP contribution in [-0.4, -0.2) is 57.1 Å². The van der Waals surface area contributed by atoms with Gasteiger partial charge in [0.05, 0.1) is 19.1 Å². The first-order valence-electron chi connectivity index (χ1n) is 13.2. The summed E-state index contributed by atoms with van der Waals surface area (Å²) in [4.78, 5) is 28.4. The molecule has 0 saturated heterocycles. The summed E-state index contributed by atoms with van der Waals surface area (Å²) in [5.74, 6) is 0.281. The third-order valence-corrected chi connectivity index (χ3v) is 8.05. The van der Waals surface area contributed by atoms with Crippen molar-refractivity contribution < 1.29 is 22.7 Å². The summed E-state index contributed by atoms with van der Waals surface area (Å²) < 4.78 is 32.0. The van der Waals surface area contributed by atoms with Gasteiger partial charge in [-0.15, -0.1) is 0 Å². The minimum absolute atomic E-state index is 0.00814. The van der Waals surface area contributed by atoms with Gasteiger partial charge >= 0.3 is 0 Å². The number of amides is 2. The zero-order valence-electron chi connectivity index (χ0n) is 23.8. The first-order chi connectivity index (χ1) is 17.9. The number of nitrogens with one attached hydrogen (secondary N) is 1. The second-order valence-corrected chi connectivity index (χ2v) is 11.7. The van der Waals surface area contributed by atoms with Crippen LogP contribution in [0.3, 0.4) is 0 Å². The van der Waals surface area contributed by atoms with Crippen LogP contribution in [0.25, 0.3) is 0 Å². The number of hydrogen-bond acceptors (Lipinski definition) is 5. The predicted molar refractivity (Wildman–Crippen MR) is 153 cm³/mol. The molecule has 0 aliphatic carbocycles. The lowest BCUT2D eigenvalue weighted by Crippen LogP contribution is -2.50. The number of aryl methyl sites for hydroxylation is 1. The van der Waals surface area contributed by atoms with Crippen LogP contribution >= 0.6 is 0 Å². The lowest BCUT2D eigenvalue weighted by Gasteiger charge is -2.32. The molecule has 0 bridgehead atoms. The quantitative estimate of drug-likeness (QED) is 0.375. The Kier molecular flexibility index (Phi) is 11.6. The molecule has 0 spiro atoms. The molecule has 210 valence electrons. The SMILES string of the molecule is CC[C@H](C)NC(=O)[C@H](CC)N(Cc1cccc(OC)c1)C(=O)CCCN(c1cccc(C)c1C)S(C)(=O)=O. The van der Waals surface area contributed by atoms with Gasteiger partial charge in [-0.1, -0.05) is 38.1 Å². The number of nitrogens with zero attached hydrogens (tertiary/aromatic N) is 2. The van der Waals surface area contributed by atoms with Gasteiger partial charge in [0.2, 0.25) is 21.8 Å². The van der Waals surface area contributed by atoms with E-state index in [1.54, 1.807) is 18.1 Å². The van der Waals surface area contributed by atoms with Gasteiger partial charge in [0, 0.05) is 25.6 Å². The Morgan fingerprint density at radius 1 is 1.05 bits per heavy atom. The Hall–Kier alpha value is -3.07. The summed E-state index contributed by atoms with van der Waals surface area (Å²) in [6.45, 7) is 10.1. The molecule has 1 N–H and O–H groups in total. The van der Waals surface area contributed by atoms with E-state index in [1.807, 2.05) is 71.0 Å². The van der Waals surface area contributed by atoms with Crippen LogP contribution in [0, 0.1) is 13.8 Å². The second-order valence-electron chi connectivity index (χ2n) is 9.77. The van der Waals surface area contributed by atoms with E-state index < -0.39 is 16.1 Å². The normalized spacial score (nSPS) is 12.9. The number of carbonyl (C=O) groups excluding carboxylic acids is 2. The molecule has 0 unspecified atom stereocenters. The monoisotopic (exact) mass is 545 g/mol. The summed E-state index contributed by atoms with van der Waals surface area (Å²) >= 11 is 0. The fourth-order valence-electron chi connectivity index (χ4n) is 4.32. The number of ether oxygens (including phenoxy) is 1. The maximum absolute atomic E-state index is 13.6. The average Bonchev–Trinajstić information content (AvgIpc) is 2.87. The van der Waals surface area contributed by atoms with Crippen LogP contribution in [0.4, 0.5) is 5.69 Å². The molecule has 38 heavy (non-hydrogen) atoms. The minimum atomic E-state index is -3.55. The van der Waals surface area contributed by atoms with Crippen LogP contribution in [-0.2, 0) is 26.2 Å². The van der Waals surface area contributed by atoms with Crippen molar-refractivity contribution in [2.75, 3.05) is 24.2 Å². The summed E-state index contributed by atoms with van der Waals surface area (Å²) in [7, 11) is -1.97. The molecule has 0 saturated carbocycles. The van der Waals surface area contributed by atoms with Gasteiger partial charge in [0.15, 0.2) is 0 Å². The Morgan fingerprint density at radius 2 is 1.74 bits per heavy atom. The summed E-state index contributed by atoms with van der Waals surface area (Å²) in [6.07, 6.45) is 2.84. The van der Waals surface area contributed by atoms with Crippen LogP contribution in [0.5, 0.6) is 5.75 Å². The molecule has 2 aromatic rings. The highest BCUT2D eigenvalue weighted by Gasteiger charge is 2.29. The number of sulfonamides is 1. The van der Waals surface area contributed by atoms with E-state index in [0.717, 1.165) is 23.1 Å². The molecule has 2 amide bonds. The third kappa shape index (κ3) is 8.48. The summed E-state index contributed by atoms with van der Waals surface area (Å²) in [5, 5.41) is 3.01. The van der Waals surface area contributed by atoms with E-state index in [0.29, 0.717) is 24.3 Å². The minimum Gasteiger partial charge on any atom is -0.497 e. The molecule has 0 aromatic heterocycles. The van der Waals surface area contributed by atoms with Crippen LogP contribution in [0.1, 0.15) is 63.1 Å². The van der Waals surface area contributed by atoms with Crippen molar-refractivity contribution in [2.24, 2.45) is 0 Å². The van der Waals surface area contributed by atoms with Crippen molar-refractivity contribution in [3.05, 3.63) is 59.2 Å². The lowest BCUT2D eigenvalue weighted by atomic mass is 10.1. The molecule has 0 aliphatic rings. The van der Waals surface area contributed by atoms with E-state index >= 15 is 0 Å². The van der Waals surface area contributed by atoms with Gasteiger partial charge in [0.25, 0.3) is 0 Å². The van der Waals surface area contributed by atoms with Gasteiger partial charge < -0.3 is 15.0 Å². The van der Waals surface area contributed by atoms with Crippen molar-refractivity contribution in [1.82, 2.24) is 10.2 Å². The molecule has 0 aliphatic heterocycles. The summed E-state index contributed by atoms with van der Waals surface area (Å²) in [5.41, 5.74) is 3.35. The number of methoxy groups -OCH3 is 1. The van der Waals surface area contributed by atoms with E-state index in [9.17, 15) is 18.0 Å². The average molecular weight is 546 g/mol. The molecule has 0 fully saturated rings. The number of anilines is 1. The number of benzene rings is 2. The molecule has 0 radical (unpaired) electrons. The second kappa shape index (κ2) is 14.2. The van der Waals surface area contributed by atoms with Crippen molar-refractivity contribution in [3.8, 4) is 5.75 Å². The molecule has 2 aromatic carbocycles. The standard InChI is InChI=1S/C29H43N3O5S/c1-8-22(4)30-29(34)26(9-2)31(20-24-14-11-15-25(19-24)37-6)28(33)17-12-18-32(38(7,35)36)27-16-10-13-21(3)23(27)5/h10-11,13-16,19,22,26H,8-9,12,17-18,20H2,1-7H3,(H,30,34)/t22-,26-/m0/s1. The molecule has 9 heteroatoms. The van der Waals surface area contributed by atoms with Crippen molar-refractivity contribution >= 4 is 27.5 Å². The molecular weight excluding hydrogens is 502 g/mol. The first-order valence-corrected chi connectivity index (χ1v) is 15.0. The Labute approximate surface area is 228 Å². The van der Waals surface area contributed by atoms with E-state index in [-0.39, 0.29) is 37.4 Å². The Bertz CT molecular complexity index is 1200. The fourth-order valence-corrected chi connectivity index (χ4v) is 5.33. The molecular formula is C29H43N3O5S. The van der Waals surface area contributed by atoms with Crippen molar-refractivity contribution in [3.63, 3.8) is 0 Å². The Morgan fingerprint density at radius 3 is 2.34 bits per heavy atom. The highest BCUT2D eigenvalue weighted by atomic mass is 32.2. The molecule has 2 atom stereocenters. The molecule has 8 nitrogen and oxygen atoms in total. The number of hydrogen-bond donors (Lipinski definition) is 1. The smallest absolute Gasteiger partial charge is 0.243 e. The van der Waals surface area contributed by atoms with Gasteiger partial charge in [-0.2, -0.15) is 0 Å². The van der Waals surface area contributed by atoms with E-state index in [1.165, 1.54) is 10.6 Å². The topological polar surface area (TPSA) is 96.0 Å². The van der Waals surface area contributed by atoms with E-state index in [2.05, 4.69) is 5.32 Å². The van der Waals surface area contributed by atoms with Crippen LogP contribution in [0.15, 0.2) is 42.5 Å². The highest BCUT2D eigenvalue weighted by Crippen LogP contribution is 2.26. The predicted octanol–water partition coefficient (Wildman–Crippen LogP) is 4.58. The molecule has 0 heterocycles. The molecule has 2 rings (SSSR count). The fraction of sp³-hybridized carbons (Fsp3) is 0.517. The summed E-state index contributed by atoms with van der Waals surface area (Å²) in [6, 6.07) is 12.3.